The van der Waals surface area contributed by atoms with Crippen molar-refractivity contribution in [2.45, 2.75) is 37.4 Å². The van der Waals surface area contributed by atoms with Crippen LogP contribution in [0.2, 0.25) is 0 Å². The van der Waals surface area contributed by atoms with Crippen molar-refractivity contribution in [2.24, 2.45) is 0 Å². The zero-order valence-electron chi connectivity index (χ0n) is 28.1. The summed E-state index contributed by atoms with van der Waals surface area (Å²) >= 11 is 4.82. The van der Waals surface area contributed by atoms with Crippen LogP contribution in [0.15, 0.2) is 67.0 Å². The molecule has 2 saturated heterocycles. The van der Waals surface area contributed by atoms with E-state index in [1.165, 1.54) is 30.5 Å². The summed E-state index contributed by atoms with van der Waals surface area (Å²) in [6.07, 6.45) is 4.64. The number of urea groups is 1. The number of amides is 6. The molecule has 2 fully saturated rings. The topological polar surface area (TPSA) is 173 Å². The van der Waals surface area contributed by atoms with Gasteiger partial charge in [0.05, 0.1) is 28.9 Å². The normalized spacial score (nSPS) is 16.7. The average molecular weight is 748 g/mol. The summed E-state index contributed by atoms with van der Waals surface area (Å²) in [5.41, 5.74) is -0.654. The van der Waals surface area contributed by atoms with E-state index in [-0.39, 0.29) is 41.4 Å². The van der Waals surface area contributed by atoms with E-state index in [0.29, 0.717) is 42.4 Å². The molecule has 0 saturated carbocycles. The number of rotatable bonds is 10. The van der Waals surface area contributed by atoms with Crippen LogP contribution in [0.1, 0.15) is 55.9 Å². The van der Waals surface area contributed by atoms with Crippen LogP contribution in [-0.4, -0.2) is 98.1 Å². The van der Waals surface area contributed by atoms with Gasteiger partial charge >= 0.3 is 11.6 Å². The summed E-state index contributed by atoms with van der Waals surface area (Å²) in [7, 11) is 2.00. The van der Waals surface area contributed by atoms with Crippen LogP contribution in [-0.2, 0) is 11.3 Å². The van der Waals surface area contributed by atoms with Gasteiger partial charge in [0.2, 0.25) is 5.91 Å². The number of imide groups is 2. The number of H-pyrrole nitrogens is 1. The van der Waals surface area contributed by atoms with E-state index in [1.807, 2.05) is 7.05 Å². The summed E-state index contributed by atoms with van der Waals surface area (Å²) in [4.78, 5) is 72.4. The van der Waals surface area contributed by atoms with Crippen LogP contribution in [0.4, 0.5) is 25.1 Å². The largest absolute Gasteiger partial charge is 0.487 e. The summed E-state index contributed by atoms with van der Waals surface area (Å²) in [6.45, 7) is 1.77. The molecule has 3 aliphatic heterocycles. The fourth-order valence-electron chi connectivity index (χ4n) is 6.66. The number of hydrogen-bond acceptors (Lipinski definition) is 10. The second kappa shape index (κ2) is 14.2. The van der Waals surface area contributed by atoms with Crippen molar-refractivity contribution in [3.8, 4) is 17.0 Å². The average Bonchev–Trinajstić information content (AvgIpc) is 3.75. The van der Waals surface area contributed by atoms with Gasteiger partial charge in [0.15, 0.2) is 0 Å². The minimum absolute atomic E-state index is 0.0179. The van der Waals surface area contributed by atoms with Crippen LogP contribution in [0.3, 0.4) is 0 Å². The minimum Gasteiger partial charge on any atom is -0.420 e. The van der Waals surface area contributed by atoms with Crippen LogP contribution >= 0.6 is 11.6 Å². The summed E-state index contributed by atoms with van der Waals surface area (Å²) < 4.78 is 30.2. The molecule has 18 heteroatoms. The smallest absolute Gasteiger partial charge is 0.420 e. The molecular weight excluding hydrogens is 716 g/mol. The molecule has 0 aliphatic carbocycles. The Morgan fingerprint density at radius 2 is 1.74 bits per heavy atom. The van der Waals surface area contributed by atoms with Crippen LogP contribution in [0, 0.1) is 0 Å². The van der Waals surface area contributed by atoms with Gasteiger partial charge in [-0.15, -0.1) is 8.78 Å². The fraction of sp³-hybridized carbons (Fsp3) is 0.286. The van der Waals surface area contributed by atoms with Crippen molar-refractivity contribution >= 4 is 52.8 Å². The molecule has 274 valence electrons. The number of fused-ring (bicyclic) bond motifs is 1. The van der Waals surface area contributed by atoms with Gasteiger partial charge in [0.1, 0.15) is 11.6 Å². The van der Waals surface area contributed by atoms with Gasteiger partial charge in [0.25, 0.3) is 17.7 Å². The summed E-state index contributed by atoms with van der Waals surface area (Å²) in [6, 6.07) is 13.3. The molecule has 3 aliphatic rings. The highest BCUT2D eigenvalue weighted by Gasteiger charge is 2.43. The minimum atomic E-state index is -3.85. The molecule has 0 unspecified atom stereocenters. The van der Waals surface area contributed by atoms with Crippen molar-refractivity contribution in [3.05, 3.63) is 89.2 Å². The molecule has 2 aromatic heterocycles. The zero-order valence-corrected chi connectivity index (χ0v) is 28.9. The van der Waals surface area contributed by atoms with Crippen molar-refractivity contribution in [2.75, 3.05) is 36.9 Å². The Kier molecular flexibility index (Phi) is 9.52. The predicted molar refractivity (Wildman–Crippen MR) is 186 cm³/mol. The third-order valence-corrected chi connectivity index (χ3v) is 9.36. The first kappa shape index (κ1) is 35.5. The van der Waals surface area contributed by atoms with Gasteiger partial charge in [-0.05, 0) is 74.0 Å². The monoisotopic (exact) mass is 747 g/mol. The standard InChI is InChI=1S/C35H32ClF2N9O6/c1-44(19-20-2-7-25-26(16-20)33(51)47(32(25)50)46-15-11-29(48)42-34(46)52)23-9-13-45(14-10-23)30-27(28-8-12-40-43-28)17-21(18-39-30)31(49)41-22-3-5-24(6-4-22)53-35(36,37)38/h2-8,12,16-18,23H,9-11,13-15,19H2,1H3,(H,40,43)(H,41,49)(H,42,48,52). The van der Waals surface area contributed by atoms with Crippen LogP contribution in [0.25, 0.3) is 11.3 Å². The lowest BCUT2D eigenvalue weighted by molar-refractivity contribution is -0.122. The lowest BCUT2D eigenvalue weighted by Gasteiger charge is -2.38. The molecule has 4 aromatic rings. The quantitative estimate of drug-likeness (QED) is 0.156. The first-order chi connectivity index (χ1) is 25.3. The predicted octanol–water partition coefficient (Wildman–Crippen LogP) is 4.45. The number of benzene rings is 2. The molecule has 0 spiro atoms. The molecule has 0 bridgehead atoms. The van der Waals surface area contributed by atoms with Gasteiger partial charge in [-0.3, -0.25) is 34.5 Å². The SMILES string of the molecule is CN(Cc1ccc2c(c1)C(=O)N(N1CCC(=O)NC1=O)C2=O)C1CCN(c2ncc(C(=O)Nc3ccc(OC(F)(F)Cl)cc3)cc2-c2ccn[nH]2)CC1. The Balaban J connectivity index is 0.993. The van der Waals surface area contributed by atoms with Crippen molar-refractivity contribution < 1.29 is 37.5 Å². The number of anilines is 2. The number of carbonyl (C=O) groups excluding carboxylic acids is 5. The first-order valence-electron chi connectivity index (χ1n) is 16.6. The molecule has 6 amide bonds. The number of piperidine rings is 1. The van der Waals surface area contributed by atoms with E-state index in [2.05, 4.69) is 40.4 Å². The molecule has 0 radical (unpaired) electrons. The Morgan fingerprint density at radius 3 is 2.42 bits per heavy atom. The van der Waals surface area contributed by atoms with Crippen molar-refractivity contribution in [1.29, 1.82) is 0 Å². The van der Waals surface area contributed by atoms with E-state index < -0.39 is 35.2 Å². The molecule has 0 atom stereocenters. The molecule has 3 N–H and O–H groups in total. The molecule has 53 heavy (non-hydrogen) atoms. The Hall–Kier alpha value is -5.94. The van der Waals surface area contributed by atoms with E-state index in [9.17, 15) is 32.8 Å². The maximum atomic E-state index is 13.3. The number of ether oxygens (including phenoxy) is 1. The number of carbonyl (C=O) groups is 5. The summed E-state index contributed by atoms with van der Waals surface area (Å²) in [5.74, 6) is -1.64. The van der Waals surface area contributed by atoms with Crippen molar-refractivity contribution in [1.82, 2.24) is 35.4 Å². The molecule has 7 rings (SSSR count). The van der Waals surface area contributed by atoms with E-state index >= 15 is 0 Å². The van der Waals surface area contributed by atoms with Gasteiger partial charge in [-0.25, -0.2) is 14.8 Å². The number of hydrogen-bond donors (Lipinski definition) is 3. The van der Waals surface area contributed by atoms with Gasteiger partial charge < -0.3 is 15.0 Å². The molecule has 5 heterocycles. The Bertz CT molecular complexity index is 2090. The number of aromatic nitrogens is 3. The van der Waals surface area contributed by atoms with Crippen LogP contribution < -0.4 is 20.3 Å². The summed E-state index contributed by atoms with van der Waals surface area (Å²) in [5, 5.41) is 13.7. The maximum Gasteiger partial charge on any atom is 0.487 e. The second-order valence-electron chi connectivity index (χ2n) is 12.8. The molecule has 15 nitrogen and oxygen atoms in total. The molecule has 2 aromatic carbocycles. The van der Waals surface area contributed by atoms with E-state index in [0.717, 1.165) is 28.4 Å². The van der Waals surface area contributed by atoms with E-state index in [4.69, 9.17) is 11.6 Å². The second-order valence-corrected chi connectivity index (χ2v) is 13.2. The highest BCUT2D eigenvalue weighted by molar-refractivity contribution is 6.22. The third-order valence-electron chi connectivity index (χ3n) is 9.29. The number of hydrazine groups is 1. The Morgan fingerprint density at radius 1 is 1.00 bits per heavy atom. The van der Waals surface area contributed by atoms with E-state index in [1.54, 1.807) is 36.5 Å². The highest BCUT2D eigenvalue weighted by Crippen LogP contribution is 2.33. The third kappa shape index (κ3) is 7.52. The lowest BCUT2D eigenvalue weighted by Crippen LogP contribution is -2.58. The van der Waals surface area contributed by atoms with Crippen molar-refractivity contribution in [3.63, 3.8) is 0 Å². The fourth-order valence-corrected chi connectivity index (χ4v) is 6.74. The lowest BCUT2D eigenvalue weighted by atomic mass is 10.0. The van der Waals surface area contributed by atoms with Gasteiger partial charge in [0, 0.05) is 67.3 Å². The Labute approximate surface area is 305 Å². The zero-order chi connectivity index (χ0) is 37.4. The number of halogens is 3. The molecular formula is C35H32ClF2N9O6. The number of aromatic amines is 1. The number of nitrogens with zero attached hydrogens (tertiary/aromatic N) is 6. The van der Waals surface area contributed by atoms with Gasteiger partial charge in [-0.1, -0.05) is 6.07 Å². The highest BCUT2D eigenvalue weighted by atomic mass is 35.5. The maximum absolute atomic E-state index is 13.3. The van der Waals surface area contributed by atoms with Gasteiger partial charge in [-0.2, -0.15) is 10.1 Å². The number of pyridine rings is 1. The number of alkyl halides is 3. The first-order valence-corrected chi connectivity index (χ1v) is 17.0. The number of nitrogens with one attached hydrogen (secondary N) is 3. The van der Waals surface area contributed by atoms with Crippen LogP contribution in [0.5, 0.6) is 5.75 Å².